The molecule has 0 N–H and O–H groups in total. The van der Waals surface area contributed by atoms with Gasteiger partial charge >= 0.3 is 5.97 Å². The molecular formula is C21H26O2. The number of carbonyl (C=O) groups is 1. The molecule has 0 aliphatic heterocycles. The zero-order valence-corrected chi connectivity index (χ0v) is 14.1. The first-order chi connectivity index (χ1) is 11.3. The lowest BCUT2D eigenvalue weighted by Crippen LogP contribution is -2.12. The van der Waals surface area contributed by atoms with Crippen molar-refractivity contribution in [1.29, 1.82) is 0 Å². The summed E-state index contributed by atoms with van der Waals surface area (Å²) < 4.78 is 5.24. The standard InChI is InChI=1S/C21H26O2/c1-3-5-7-14-18(17-12-8-6-9-13-17)19-15-10-11-16-20(19)21(22)23-4-2/h6,8-13,15-16,18H,3-5,7,14H2,1-2H3. The Morgan fingerprint density at radius 2 is 1.65 bits per heavy atom. The number of hydrogen-bond acceptors (Lipinski definition) is 2. The van der Waals surface area contributed by atoms with Gasteiger partial charge in [-0.15, -0.1) is 0 Å². The molecule has 1 unspecified atom stereocenters. The van der Waals surface area contributed by atoms with Gasteiger partial charge in [-0.1, -0.05) is 74.7 Å². The van der Waals surface area contributed by atoms with Crippen molar-refractivity contribution in [2.24, 2.45) is 0 Å². The molecule has 122 valence electrons. The van der Waals surface area contributed by atoms with Crippen LogP contribution in [0.15, 0.2) is 54.6 Å². The van der Waals surface area contributed by atoms with Crippen LogP contribution in [0.5, 0.6) is 0 Å². The van der Waals surface area contributed by atoms with Crippen LogP contribution in [0, 0.1) is 0 Å². The number of ether oxygens (including phenoxy) is 1. The van der Waals surface area contributed by atoms with Crippen LogP contribution >= 0.6 is 0 Å². The molecule has 0 aliphatic rings. The molecule has 0 aromatic heterocycles. The van der Waals surface area contributed by atoms with E-state index in [4.69, 9.17) is 4.74 Å². The first-order valence-corrected chi connectivity index (χ1v) is 8.58. The van der Waals surface area contributed by atoms with E-state index in [1.807, 2.05) is 31.2 Å². The Morgan fingerprint density at radius 1 is 0.957 bits per heavy atom. The zero-order valence-electron chi connectivity index (χ0n) is 14.1. The maximum absolute atomic E-state index is 12.3. The predicted octanol–water partition coefficient (Wildman–Crippen LogP) is 5.58. The fraction of sp³-hybridized carbons (Fsp3) is 0.381. The Morgan fingerprint density at radius 3 is 2.35 bits per heavy atom. The zero-order chi connectivity index (χ0) is 16.5. The number of benzene rings is 2. The molecule has 1 atom stereocenters. The molecule has 0 aliphatic carbocycles. The van der Waals surface area contributed by atoms with E-state index >= 15 is 0 Å². The van der Waals surface area contributed by atoms with Crippen LogP contribution in [0.4, 0.5) is 0 Å². The van der Waals surface area contributed by atoms with Gasteiger partial charge in [0.2, 0.25) is 0 Å². The quantitative estimate of drug-likeness (QED) is 0.470. The van der Waals surface area contributed by atoms with Gasteiger partial charge in [0.1, 0.15) is 0 Å². The Labute approximate surface area is 139 Å². The number of carbonyl (C=O) groups excluding carboxylic acids is 1. The van der Waals surface area contributed by atoms with Crippen LogP contribution in [-0.4, -0.2) is 12.6 Å². The summed E-state index contributed by atoms with van der Waals surface area (Å²) in [5.74, 6) is 0.0166. The Balaban J connectivity index is 2.37. The Bertz CT molecular complexity index is 604. The van der Waals surface area contributed by atoms with E-state index < -0.39 is 0 Å². The predicted molar refractivity (Wildman–Crippen MR) is 94.8 cm³/mol. The van der Waals surface area contributed by atoms with Crippen molar-refractivity contribution in [3.05, 3.63) is 71.3 Å². The summed E-state index contributed by atoms with van der Waals surface area (Å²) in [6, 6.07) is 18.3. The molecule has 0 heterocycles. The molecule has 0 amide bonds. The smallest absolute Gasteiger partial charge is 0.338 e. The highest BCUT2D eigenvalue weighted by atomic mass is 16.5. The van der Waals surface area contributed by atoms with E-state index in [2.05, 4.69) is 37.3 Å². The summed E-state index contributed by atoms with van der Waals surface area (Å²) in [6.45, 7) is 4.46. The lowest BCUT2D eigenvalue weighted by Gasteiger charge is -2.20. The van der Waals surface area contributed by atoms with E-state index in [9.17, 15) is 4.79 Å². The third kappa shape index (κ3) is 4.69. The molecule has 2 nitrogen and oxygen atoms in total. The van der Waals surface area contributed by atoms with E-state index in [0.29, 0.717) is 12.2 Å². The van der Waals surface area contributed by atoms with Crippen molar-refractivity contribution in [1.82, 2.24) is 0 Å². The average molecular weight is 310 g/mol. The summed E-state index contributed by atoms with van der Waals surface area (Å²) >= 11 is 0. The van der Waals surface area contributed by atoms with Crippen molar-refractivity contribution in [2.45, 2.75) is 45.4 Å². The molecule has 2 heteroatoms. The summed E-state index contributed by atoms with van der Waals surface area (Å²) in [7, 11) is 0. The number of esters is 1. The molecule has 2 aromatic carbocycles. The molecule has 23 heavy (non-hydrogen) atoms. The maximum atomic E-state index is 12.3. The van der Waals surface area contributed by atoms with Gasteiger partial charge in [0.25, 0.3) is 0 Å². The Hall–Kier alpha value is -2.09. The van der Waals surface area contributed by atoms with Crippen LogP contribution in [0.2, 0.25) is 0 Å². The first kappa shape index (κ1) is 17.3. The number of rotatable bonds is 8. The third-order valence-corrected chi connectivity index (χ3v) is 4.13. The fourth-order valence-corrected chi connectivity index (χ4v) is 2.98. The van der Waals surface area contributed by atoms with Crippen LogP contribution in [-0.2, 0) is 4.74 Å². The first-order valence-electron chi connectivity index (χ1n) is 8.58. The van der Waals surface area contributed by atoms with Crippen LogP contribution in [0.25, 0.3) is 0 Å². The van der Waals surface area contributed by atoms with Gasteiger partial charge in [0.15, 0.2) is 0 Å². The second kappa shape index (κ2) is 9.14. The van der Waals surface area contributed by atoms with Crippen molar-refractivity contribution >= 4 is 5.97 Å². The maximum Gasteiger partial charge on any atom is 0.338 e. The lowest BCUT2D eigenvalue weighted by atomic mass is 9.84. The third-order valence-electron chi connectivity index (χ3n) is 4.13. The molecule has 0 saturated heterocycles. The fourth-order valence-electron chi connectivity index (χ4n) is 2.98. The molecule has 0 bridgehead atoms. The molecule has 2 rings (SSSR count). The highest BCUT2D eigenvalue weighted by Crippen LogP contribution is 2.32. The summed E-state index contributed by atoms with van der Waals surface area (Å²) in [6.07, 6.45) is 4.62. The van der Waals surface area contributed by atoms with E-state index in [1.165, 1.54) is 18.4 Å². The summed E-state index contributed by atoms with van der Waals surface area (Å²) in [5, 5.41) is 0. The van der Waals surface area contributed by atoms with Crippen LogP contribution in [0.1, 0.15) is 66.9 Å². The lowest BCUT2D eigenvalue weighted by molar-refractivity contribution is 0.0524. The summed E-state index contributed by atoms with van der Waals surface area (Å²) in [5.41, 5.74) is 3.04. The van der Waals surface area contributed by atoms with Crippen LogP contribution in [0.3, 0.4) is 0 Å². The van der Waals surface area contributed by atoms with Gasteiger partial charge in [-0.25, -0.2) is 4.79 Å². The number of unbranched alkanes of at least 4 members (excludes halogenated alkanes) is 2. The topological polar surface area (TPSA) is 26.3 Å². The molecular weight excluding hydrogens is 284 g/mol. The van der Waals surface area contributed by atoms with E-state index in [-0.39, 0.29) is 11.9 Å². The summed E-state index contributed by atoms with van der Waals surface area (Å²) in [4.78, 5) is 12.3. The van der Waals surface area contributed by atoms with Gasteiger partial charge in [-0.2, -0.15) is 0 Å². The van der Waals surface area contributed by atoms with Crippen molar-refractivity contribution in [3.63, 3.8) is 0 Å². The van der Waals surface area contributed by atoms with Crippen LogP contribution < -0.4 is 0 Å². The molecule has 0 saturated carbocycles. The van der Waals surface area contributed by atoms with Gasteiger partial charge in [-0.3, -0.25) is 0 Å². The second-order valence-corrected chi connectivity index (χ2v) is 5.77. The average Bonchev–Trinajstić information content (AvgIpc) is 2.60. The van der Waals surface area contributed by atoms with Crippen molar-refractivity contribution in [3.8, 4) is 0 Å². The van der Waals surface area contributed by atoms with Gasteiger partial charge in [-0.05, 0) is 30.5 Å². The minimum absolute atomic E-state index is 0.223. The molecule has 0 spiro atoms. The van der Waals surface area contributed by atoms with E-state index in [0.717, 1.165) is 18.4 Å². The minimum Gasteiger partial charge on any atom is -0.462 e. The highest BCUT2D eigenvalue weighted by molar-refractivity contribution is 5.91. The molecule has 2 aromatic rings. The minimum atomic E-state index is -0.223. The monoisotopic (exact) mass is 310 g/mol. The normalized spacial score (nSPS) is 11.9. The van der Waals surface area contributed by atoms with Gasteiger partial charge in [0, 0.05) is 5.92 Å². The van der Waals surface area contributed by atoms with Gasteiger partial charge < -0.3 is 4.74 Å². The number of hydrogen-bond donors (Lipinski definition) is 0. The van der Waals surface area contributed by atoms with Gasteiger partial charge in [0.05, 0.1) is 12.2 Å². The van der Waals surface area contributed by atoms with Crippen molar-refractivity contribution in [2.75, 3.05) is 6.61 Å². The van der Waals surface area contributed by atoms with Crippen molar-refractivity contribution < 1.29 is 9.53 Å². The second-order valence-electron chi connectivity index (χ2n) is 5.77. The molecule has 0 radical (unpaired) electrons. The molecule has 0 fully saturated rings. The van der Waals surface area contributed by atoms with E-state index in [1.54, 1.807) is 0 Å². The SMILES string of the molecule is CCCCCC(c1ccccc1)c1ccccc1C(=O)OCC. The Kier molecular flexibility index (Phi) is 6.86. The largest absolute Gasteiger partial charge is 0.462 e. The highest BCUT2D eigenvalue weighted by Gasteiger charge is 2.20.